The molecule has 2 rings (SSSR count). The molecule has 0 bridgehead atoms. The summed E-state index contributed by atoms with van der Waals surface area (Å²) in [6.07, 6.45) is 1.18. The Morgan fingerprint density at radius 3 is 3.06 bits per heavy atom. The minimum absolute atomic E-state index is 0.307. The second-order valence-corrected chi connectivity index (χ2v) is 4.45. The van der Waals surface area contributed by atoms with Gasteiger partial charge >= 0.3 is 0 Å². The summed E-state index contributed by atoms with van der Waals surface area (Å²) in [4.78, 5) is 4.25. The maximum Gasteiger partial charge on any atom is 0.0945 e. The third kappa shape index (κ3) is 3.10. The molecule has 0 amide bonds. The zero-order valence-electron chi connectivity index (χ0n) is 10.1. The number of aliphatic hydroxyl groups excluding tert-OH is 1. The number of aliphatic hydroxyl groups is 1. The molecule has 1 aromatic heterocycles. The van der Waals surface area contributed by atoms with Crippen LogP contribution in [-0.2, 0) is 4.74 Å². The summed E-state index contributed by atoms with van der Waals surface area (Å²) in [5.41, 5.74) is 1.75. The monoisotopic (exact) mass is 266 g/mol. The molecule has 0 aliphatic heterocycles. The van der Waals surface area contributed by atoms with Crippen molar-refractivity contribution in [1.29, 1.82) is 0 Å². The van der Waals surface area contributed by atoms with E-state index in [1.165, 1.54) is 0 Å². The predicted octanol–water partition coefficient (Wildman–Crippen LogP) is 2.31. The van der Waals surface area contributed by atoms with Crippen LogP contribution in [0, 0.1) is 0 Å². The molecule has 0 aliphatic rings. The minimum atomic E-state index is -0.537. The minimum Gasteiger partial charge on any atom is -0.389 e. The summed E-state index contributed by atoms with van der Waals surface area (Å²) in [5.74, 6) is 0. The van der Waals surface area contributed by atoms with Crippen LogP contribution in [0.15, 0.2) is 30.5 Å². The summed E-state index contributed by atoms with van der Waals surface area (Å²) in [6, 6.07) is 7.42. The SMILES string of the molecule is COCC(O)CNc1ccnc2cc(Cl)ccc12. The molecule has 5 heteroatoms. The van der Waals surface area contributed by atoms with Crippen molar-refractivity contribution >= 4 is 28.2 Å². The normalized spacial score (nSPS) is 12.6. The number of nitrogens with zero attached hydrogens (tertiary/aromatic N) is 1. The topological polar surface area (TPSA) is 54.4 Å². The summed E-state index contributed by atoms with van der Waals surface area (Å²) in [7, 11) is 1.56. The van der Waals surface area contributed by atoms with E-state index >= 15 is 0 Å². The maximum atomic E-state index is 9.60. The number of rotatable bonds is 5. The summed E-state index contributed by atoms with van der Waals surface area (Å²) in [5, 5.41) is 14.4. The standard InChI is InChI=1S/C13H15ClN2O2/c1-18-8-10(17)7-16-12-4-5-15-13-6-9(14)2-3-11(12)13/h2-6,10,17H,7-8H2,1H3,(H,15,16). The largest absolute Gasteiger partial charge is 0.389 e. The number of halogens is 1. The average molecular weight is 267 g/mol. The Bertz CT molecular complexity index is 533. The van der Waals surface area contributed by atoms with Crippen molar-refractivity contribution in [3.05, 3.63) is 35.5 Å². The zero-order valence-corrected chi connectivity index (χ0v) is 10.8. The van der Waals surface area contributed by atoms with E-state index in [0.717, 1.165) is 16.6 Å². The fourth-order valence-electron chi connectivity index (χ4n) is 1.75. The molecular weight excluding hydrogens is 252 g/mol. The highest BCUT2D eigenvalue weighted by atomic mass is 35.5. The van der Waals surface area contributed by atoms with E-state index in [2.05, 4.69) is 10.3 Å². The average Bonchev–Trinajstić information content (AvgIpc) is 2.36. The molecule has 1 atom stereocenters. The Morgan fingerprint density at radius 2 is 2.28 bits per heavy atom. The van der Waals surface area contributed by atoms with Gasteiger partial charge in [0, 0.05) is 35.9 Å². The number of hydrogen-bond donors (Lipinski definition) is 2. The second-order valence-electron chi connectivity index (χ2n) is 4.01. The van der Waals surface area contributed by atoms with Crippen LogP contribution in [0.1, 0.15) is 0 Å². The van der Waals surface area contributed by atoms with Gasteiger partial charge in [-0.05, 0) is 24.3 Å². The summed E-state index contributed by atoms with van der Waals surface area (Å²) >= 11 is 5.92. The van der Waals surface area contributed by atoms with Crippen LogP contribution in [0.2, 0.25) is 5.02 Å². The lowest BCUT2D eigenvalue weighted by Gasteiger charge is -2.13. The molecule has 4 nitrogen and oxygen atoms in total. The molecule has 0 saturated heterocycles. The molecule has 1 unspecified atom stereocenters. The van der Waals surface area contributed by atoms with E-state index in [9.17, 15) is 5.11 Å². The van der Waals surface area contributed by atoms with Gasteiger partial charge in [0.1, 0.15) is 0 Å². The number of anilines is 1. The highest BCUT2D eigenvalue weighted by Crippen LogP contribution is 2.24. The van der Waals surface area contributed by atoms with Gasteiger partial charge in [-0.3, -0.25) is 4.98 Å². The van der Waals surface area contributed by atoms with Crippen LogP contribution in [0.5, 0.6) is 0 Å². The molecular formula is C13H15ClN2O2. The van der Waals surface area contributed by atoms with E-state index < -0.39 is 6.10 Å². The van der Waals surface area contributed by atoms with Crippen molar-refractivity contribution in [3.8, 4) is 0 Å². The molecule has 0 fully saturated rings. The van der Waals surface area contributed by atoms with Crippen molar-refractivity contribution in [2.75, 3.05) is 25.6 Å². The molecule has 2 aromatic rings. The first kappa shape index (κ1) is 13.1. The number of aromatic nitrogens is 1. The Kier molecular flexibility index (Phi) is 4.36. The molecule has 0 radical (unpaired) electrons. The number of benzene rings is 1. The van der Waals surface area contributed by atoms with Crippen LogP contribution in [0.25, 0.3) is 10.9 Å². The van der Waals surface area contributed by atoms with Crippen LogP contribution in [0.3, 0.4) is 0 Å². The van der Waals surface area contributed by atoms with E-state index in [0.29, 0.717) is 18.2 Å². The Balaban J connectivity index is 2.18. The van der Waals surface area contributed by atoms with Gasteiger partial charge in [0.15, 0.2) is 0 Å². The number of ether oxygens (including phenoxy) is 1. The van der Waals surface area contributed by atoms with Gasteiger partial charge in [0.2, 0.25) is 0 Å². The molecule has 0 saturated carbocycles. The van der Waals surface area contributed by atoms with Gasteiger partial charge in [-0.25, -0.2) is 0 Å². The number of nitrogens with one attached hydrogen (secondary N) is 1. The maximum absolute atomic E-state index is 9.60. The van der Waals surface area contributed by atoms with E-state index in [1.807, 2.05) is 24.3 Å². The third-order valence-electron chi connectivity index (χ3n) is 2.59. The van der Waals surface area contributed by atoms with Crippen molar-refractivity contribution in [2.45, 2.75) is 6.10 Å². The molecule has 18 heavy (non-hydrogen) atoms. The Hall–Kier alpha value is -1.36. The lowest BCUT2D eigenvalue weighted by atomic mass is 10.2. The van der Waals surface area contributed by atoms with Gasteiger partial charge in [-0.2, -0.15) is 0 Å². The van der Waals surface area contributed by atoms with Gasteiger partial charge in [-0.1, -0.05) is 11.6 Å². The Morgan fingerprint density at radius 1 is 1.44 bits per heavy atom. The first-order valence-electron chi connectivity index (χ1n) is 5.66. The molecule has 0 aliphatic carbocycles. The fraction of sp³-hybridized carbons (Fsp3) is 0.308. The van der Waals surface area contributed by atoms with Gasteiger partial charge in [-0.15, -0.1) is 0 Å². The first-order chi connectivity index (χ1) is 8.70. The zero-order chi connectivity index (χ0) is 13.0. The number of hydrogen-bond acceptors (Lipinski definition) is 4. The smallest absolute Gasteiger partial charge is 0.0945 e. The fourth-order valence-corrected chi connectivity index (χ4v) is 1.92. The highest BCUT2D eigenvalue weighted by Gasteiger charge is 2.06. The van der Waals surface area contributed by atoms with Crippen LogP contribution < -0.4 is 5.32 Å². The van der Waals surface area contributed by atoms with Crippen molar-refractivity contribution in [3.63, 3.8) is 0 Å². The molecule has 1 heterocycles. The van der Waals surface area contributed by atoms with E-state index in [1.54, 1.807) is 13.3 Å². The van der Waals surface area contributed by atoms with Crippen molar-refractivity contribution in [1.82, 2.24) is 4.98 Å². The molecule has 1 aromatic carbocycles. The van der Waals surface area contributed by atoms with Crippen LogP contribution in [-0.4, -0.2) is 36.5 Å². The van der Waals surface area contributed by atoms with Crippen LogP contribution >= 0.6 is 11.6 Å². The number of methoxy groups -OCH3 is 1. The Labute approximate surface area is 111 Å². The number of pyridine rings is 1. The summed E-state index contributed by atoms with van der Waals surface area (Å²) in [6.45, 7) is 0.734. The van der Waals surface area contributed by atoms with Gasteiger partial charge < -0.3 is 15.2 Å². The molecule has 96 valence electrons. The lowest BCUT2D eigenvalue weighted by molar-refractivity contribution is 0.0728. The first-order valence-corrected chi connectivity index (χ1v) is 6.03. The predicted molar refractivity (Wildman–Crippen MR) is 73.1 cm³/mol. The quantitative estimate of drug-likeness (QED) is 0.872. The molecule has 0 spiro atoms. The highest BCUT2D eigenvalue weighted by molar-refractivity contribution is 6.31. The third-order valence-corrected chi connectivity index (χ3v) is 2.83. The van der Waals surface area contributed by atoms with Gasteiger partial charge in [0.25, 0.3) is 0 Å². The lowest BCUT2D eigenvalue weighted by Crippen LogP contribution is -2.24. The van der Waals surface area contributed by atoms with Crippen molar-refractivity contribution < 1.29 is 9.84 Å². The summed E-state index contributed by atoms with van der Waals surface area (Å²) < 4.78 is 4.88. The van der Waals surface area contributed by atoms with E-state index in [4.69, 9.17) is 16.3 Å². The van der Waals surface area contributed by atoms with E-state index in [-0.39, 0.29) is 0 Å². The van der Waals surface area contributed by atoms with Crippen molar-refractivity contribution in [2.24, 2.45) is 0 Å². The second kappa shape index (κ2) is 6.00. The number of fused-ring (bicyclic) bond motifs is 1. The van der Waals surface area contributed by atoms with Gasteiger partial charge in [0.05, 0.1) is 18.2 Å². The van der Waals surface area contributed by atoms with Crippen LogP contribution in [0.4, 0.5) is 5.69 Å². The molecule has 2 N–H and O–H groups in total.